The Bertz CT molecular complexity index is 532. The first-order valence-corrected chi connectivity index (χ1v) is 8.38. The van der Waals surface area contributed by atoms with Crippen LogP contribution in [0.5, 0.6) is 0 Å². The van der Waals surface area contributed by atoms with Gasteiger partial charge in [-0.15, -0.1) is 0 Å². The quantitative estimate of drug-likeness (QED) is 0.914. The van der Waals surface area contributed by atoms with E-state index in [4.69, 9.17) is 5.73 Å². The van der Waals surface area contributed by atoms with E-state index in [2.05, 4.69) is 13.8 Å². The first kappa shape index (κ1) is 14.3. The SMILES string of the molecule is CCc1cccc(CC)c1N1CC[C@H](CN)S1(=O)=O. The highest BCUT2D eigenvalue weighted by molar-refractivity contribution is 7.93. The lowest BCUT2D eigenvalue weighted by Gasteiger charge is -2.24. The number of sulfonamides is 1. The Morgan fingerprint density at radius 1 is 1.26 bits per heavy atom. The Balaban J connectivity index is 2.54. The minimum atomic E-state index is -3.29. The molecule has 106 valence electrons. The molecule has 19 heavy (non-hydrogen) atoms. The number of nitrogens with zero attached hydrogens (tertiary/aromatic N) is 1. The smallest absolute Gasteiger partial charge is 0.239 e. The van der Waals surface area contributed by atoms with E-state index in [1.165, 1.54) is 0 Å². The molecular formula is C14H22N2O2S. The number of para-hydroxylation sites is 1. The van der Waals surface area contributed by atoms with Crippen molar-refractivity contribution in [2.24, 2.45) is 5.73 Å². The van der Waals surface area contributed by atoms with Crippen LogP contribution in [0.25, 0.3) is 0 Å². The van der Waals surface area contributed by atoms with Gasteiger partial charge in [0, 0.05) is 13.1 Å². The number of rotatable bonds is 4. The van der Waals surface area contributed by atoms with Gasteiger partial charge in [-0.3, -0.25) is 4.31 Å². The Morgan fingerprint density at radius 2 is 1.84 bits per heavy atom. The van der Waals surface area contributed by atoms with Gasteiger partial charge in [-0.1, -0.05) is 32.0 Å². The van der Waals surface area contributed by atoms with E-state index < -0.39 is 15.3 Å². The van der Waals surface area contributed by atoms with Gasteiger partial charge in [0.25, 0.3) is 0 Å². The standard InChI is InChI=1S/C14H22N2O2S/c1-3-11-6-5-7-12(4-2)14(11)16-9-8-13(10-15)19(16,17)18/h5-7,13H,3-4,8-10,15H2,1-2H3/t13-/m1/s1. The maximum atomic E-state index is 12.5. The molecule has 5 heteroatoms. The molecule has 1 aromatic rings. The Labute approximate surface area is 115 Å². The first-order chi connectivity index (χ1) is 9.06. The summed E-state index contributed by atoms with van der Waals surface area (Å²) in [5.41, 5.74) is 8.67. The average molecular weight is 282 g/mol. The summed E-state index contributed by atoms with van der Waals surface area (Å²) in [7, 11) is -3.29. The third-order valence-corrected chi connectivity index (χ3v) is 6.11. The van der Waals surface area contributed by atoms with Crippen LogP contribution in [-0.2, 0) is 22.9 Å². The highest BCUT2D eigenvalue weighted by Gasteiger charge is 2.39. The van der Waals surface area contributed by atoms with E-state index in [0.29, 0.717) is 13.0 Å². The van der Waals surface area contributed by atoms with E-state index >= 15 is 0 Å². The highest BCUT2D eigenvalue weighted by Crippen LogP contribution is 2.34. The molecule has 0 amide bonds. The average Bonchev–Trinajstić information content (AvgIpc) is 2.71. The summed E-state index contributed by atoms with van der Waals surface area (Å²) in [5, 5.41) is -0.429. The number of hydrogen-bond donors (Lipinski definition) is 1. The maximum Gasteiger partial charge on any atom is 0.239 e. The Hall–Kier alpha value is -1.07. The highest BCUT2D eigenvalue weighted by atomic mass is 32.2. The normalized spacial score (nSPS) is 21.8. The van der Waals surface area contributed by atoms with Gasteiger partial charge in [0.2, 0.25) is 10.0 Å². The molecular weight excluding hydrogens is 260 g/mol. The molecule has 1 saturated heterocycles. The molecule has 4 nitrogen and oxygen atoms in total. The molecule has 1 heterocycles. The second-order valence-corrected chi connectivity index (χ2v) is 7.03. The lowest BCUT2D eigenvalue weighted by molar-refractivity contribution is 0.588. The minimum absolute atomic E-state index is 0.203. The van der Waals surface area contributed by atoms with Gasteiger partial charge in [0.1, 0.15) is 0 Å². The van der Waals surface area contributed by atoms with Gasteiger partial charge >= 0.3 is 0 Å². The van der Waals surface area contributed by atoms with Gasteiger partial charge in [-0.05, 0) is 30.4 Å². The van der Waals surface area contributed by atoms with Crippen LogP contribution in [0.3, 0.4) is 0 Å². The van der Waals surface area contributed by atoms with E-state index in [0.717, 1.165) is 29.7 Å². The monoisotopic (exact) mass is 282 g/mol. The molecule has 1 fully saturated rings. The van der Waals surface area contributed by atoms with Crippen LogP contribution in [0.2, 0.25) is 0 Å². The zero-order valence-corrected chi connectivity index (χ0v) is 12.4. The van der Waals surface area contributed by atoms with Crippen LogP contribution in [-0.4, -0.2) is 26.8 Å². The zero-order valence-electron chi connectivity index (χ0n) is 11.6. The van der Waals surface area contributed by atoms with Crippen molar-refractivity contribution in [2.75, 3.05) is 17.4 Å². The molecule has 0 aliphatic carbocycles. The van der Waals surface area contributed by atoms with Gasteiger partial charge in [0.05, 0.1) is 10.9 Å². The van der Waals surface area contributed by atoms with Crippen molar-refractivity contribution in [2.45, 2.75) is 38.4 Å². The number of hydrogen-bond acceptors (Lipinski definition) is 3. The molecule has 2 rings (SSSR count). The van der Waals surface area contributed by atoms with Crippen molar-refractivity contribution in [3.8, 4) is 0 Å². The van der Waals surface area contributed by atoms with Crippen LogP contribution in [0.4, 0.5) is 5.69 Å². The second kappa shape index (κ2) is 5.51. The summed E-state index contributed by atoms with van der Waals surface area (Å²) in [5.74, 6) is 0. The predicted octanol–water partition coefficient (Wildman–Crippen LogP) is 1.68. The fourth-order valence-electron chi connectivity index (χ4n) is 2.73. The summed E-state index contributed by atoms with van der Waals surface area (Å²) >= 11 is 0. The Kier molecular flexibility index (Phi) is 4.16. The van der Waals surface area contributed by atoms with Crippen LogP contribution in [0.15, 0.2) is 18.2 Å². The zero-order chi connectivity index (χ0) is 14.0. The molecule has 0 unspecified atom stereocenters. The van der Waals surface area contributed by atoms with Crippen LogP contribution in [0, 0.1) is 0 Å². The maximum absolute atomic E-state index is 12.5. The van der Waals surface area contributed by atoms with Crippen molar-refractivity contribution in [1.29, 1.82) is 0 Å². The molecule has 2 N–H and O–H groups in total. The van der Waals surface area contributed by atoms with Crippen molar-refractivity contribution in [1.82, 2.24) is 0 Å². The molecule has 1 aliphatic heterocycles. The molecule has 0 radical (unpaired) electrons. The molecule has 1 aliphatic rings. The van der Waals surface area contributed by atoms with E-state index in [1.54, 1.807) is 4.31 Å². The molecule has 0 aromatic heterocycles. The van der Waals surface area contributed by atoms with Crippen molar-refractivity contribution < 1.29 is 8.42 Å². The number of anilines is 1. The second-order valence-electron chi connectivity index (χ2n) is 4.90. The topological polar surface area (TPSA) is 63.4 Å². The first-order valence-electron chi connectivity index (χ1n) is 6.88. The lowest BCUT2D eigenvalue weighted by atomic mass is 10.0. The largest absolute Gasteiger partial charge is 0.329 e. The van der Waals surface area contributed by atoms with Gasteiger partial charge in [-0.2, -0.15) is 0 Å². The summed E-state index contributed by atoms with van der Waals surface area (Å²) in [4.78, 5) is 0. The summed E-state index contributed by atoms with van der Waals surface area (Å²) < 4.78 is 26.6. The fraction of sp³-hybridized carbons (Fsp3) is 0.571. The Morgan fingerprint density at radius 3 is 2.26 bits per heavy atom. The minimum Gasteiger partial charge on any atom is -0.329 e. The van der Waals surface area contributed by atoms with Crippen molar-refractivity contribution in [3.05, 3.63) is 29.3 Å². The fourth-order valence-corrected chi connectivity index (χ4v) is 4.59. The lowest BCUT2D eigenvalue weighted by Crippen LogP contribution is -2.34. The van der Waals surface area contributed by atoms with E-state index in [-0.39, 0.29) is 6.54 Å². The van der Waals surface area contributed by atoms with Crippen LogP contribution >= 0.6 is 0 Å². The molecule has 1 aromatic carbocycles. The summed E-state index contributed by atoms with van der Waals surface area (Å²) in [6, 6.07) is 6.03. The predicted molar refractivity (Wildman–Crippen MR) is 78.9 cm³/mol. The molecule has 0 bridgehead atoms. The summed E-state index contributed by atoms with van der Waals surface area (Å²) in [6.07, 6.45) is 2.30. The van der Waals surface area contributed by atoms with Gasteiger partial charge < -0.3 is 5.73 Å². The molecule has 0 spiro atoms. The van der Waals surface area contributed by atoms with Crippen molar-refractivity contribution in [3.63, 3.8) is 0 Å². The van der Waals surface area contributed by atoms with Crippen LogP contribution < -0.4 is 10.0 Å². The van der Waals surface area contributed by atoms with E-state index in [9.17, 15) is 8.42 Å². The van der Waals surface area contributed by atoms with Crippen molar-refractivity contribution >= 4 is 15.7 Å². The van der Waals surface area contributed by atoms with Gasteiger partial charge in [-0.25, -0.2) is 8.42 Å². The molecule has 1 atom stereocenters. The molecule has 0 saturated carbocycles. The number of aryl methyl sites for hydroxylation is 2. The van der Waals surface area contributed by atoms with Gasteiger partial charge in [0.15, 0.2) is 0 Å². The third kappa shape index (κ3) is 2.37. The number of nitrogens with two attached hydrogens (primary N) is 1. The third-order valence-electron chi connectivity index (χ3n) is 3.86. The van der Waals surface area contributed by atoms with E-state index in [1.807, 2.05) is 18.2 Å². The number of benzene rings is 1. The summed E-state index contributed by atoms with van der Waals surface area (Å²) in [6.45, 7) is 4.87. The van der Waals surface area contributed by atoms with Crippen LogP contribution in [0.1, 0.15) is 31.4 Å².